The summed E-state index contributed by atoms with van der Waals surface area (Å²) in [5, 5.41) is 16.4. The second-order valence-electron chi connectivity index (χ2n) is 11.3. The number of aromatic nitrogens is 4. The second kappa shape index (κ2) is 10.0. The predicted octanol–water partition coefficient (Wildman–Crippen LogP) is 4.70. The fourth-order valence-electron chi connectivity index (χ4n) is 3.75. The van der Waals surface area contributed by atoms with E-state index in [0.29, 0.717) is 24.9 Å². The Morgan fingerprint density at radius 3 is 2.39 bits per heavy atom. The van der Waals surface area contributed by atoms with Gasteiger partial charge in [-0.1, -0.05) is 44.5 Å². The maximum Gasteiger partial charge on any atom is 0.192 e. The summed E-state index contributed by atoms with van der Waals surface area (Å²) in [5.74, 6) is 1.68. The van der Waals surface area contributed by atoms with Gasteiger partial charge in [0.05, 0.1) is 25.5 Å². The van der Waals surface area contributed by atoms with Crippen molar-refractivity contribution in [3.63, 3.8) is 0 Å². The summed E-state index contributed by atoms with van der Waals surface area (Å²) in [6.45, 7) is 17.6. The lowest BCUT2D eigenvalue weighted by molar-refractivity contribution is -0.00489. The largest absolute Gasteiger partial charge is 0.413 e. The van der Waals surface area contributed by atoms with E-state index in [9.17, 15) is 5.11 Å². The van der Waals surface area contributed by atoms with E-state index in [4.69, 9.17) is 24.2 Å². The van der Waals surface area contributed by atoms with E-state index in [-0.39, 0.29) is 11.6 Å². The topological polar surface area (TPSA) is 85.5 Å². The second-order valence-corrected chi connectivity index (χ2v) is 16.2. The van der Waals surface area contributed by atoms with Crippen molar-refractivity contribution in [2.24, 2.45) is 0 Å². The first-order chi connectivity index (χ1) is 16.9. The molecule has 194 valence electrons. The van der Waals surface area contributed by atoms with Gasteiger partial charge in [0, 0.05) is 30.9 Å². The van der Waals surface area contributed by atoms with Gasteiger partial charge < -0.3 is 19.2 Å². The molecule has 0 bridgehead atoms. The summed E-state index contributed by atoms with van der Waals surface area (Å²) >= 11 is 0. The van der Waals surface area contributed by atoms with E-state index in [1.807, 2.05) is 30.5 Å². The van der Waals surface area contributed by atoms with Gasteiger partial charge in [0.1, 0.15) is 11.4 Å². The van der Waals surface area contributed by atoms with Gasteiger partial charge in [-0.25, -0.2) is 14.6 Å². The first-order valence-corrected chi connectivity index (χ1v) is 15.5. The van der Waals surface area contributed by atoms with Crippen LogP contribution in [0.3, 0.4) is 0 Å². The third kappa shape index (κ3) is 5.86. The molecule has 1 N–H and O–H groups in total. The van der Waals surface area contributed by atoms with Crippen LogP contribution in [0.25, 0.3) is 17.1 Å². The number of rotatable bonds is 7. The zero-order valence-electron chi connectivity index (χ0n) is 22.6. The first-order valence-electron chi connectivity index (χ1n) is 12.6. The summed E-state index contributed by atoms with van der Waals surface area (Å²) in [6, 6.07) is 12.2. The molecule has 4 rings (SSSR count). The van der Waals surface area contributed by atoms with Crippen molar-refractivity contribution in [1.82, 2.24) is 19.7 Å². The number of hydrogen-bond donors (Lipinski definition) is 1. The van der Waals surface area contributed by atoms with Crippen LogP contribution in [0.4, 0.5) is 5.82 Å². The maximum atomic E-state index is 11.5. The van der Waals surface area contributed by atoms with Crippen LogP contribution in [0.15, 0.2) is 42.6 Å². The molecule has 1 aliphatic heterocycles. The van der Waals surface area contributed by atoms with Crippen LogP contribution in [-0.2, 0) is 14.8 Å². The fraction of sp³-hybridized carbons (Fsp3) is 0.519. The molecule has 0 radical (unpaired) electrons. The minimum atomic E-state index is -2.07. The number of anilines is 1. The molecule has 1 fully saturated rings. The molecule has 9 heteroatoms. The van der Waals surface area contributed by atoms with E-state index < -0.39 is 13.9 Å². The van der Waals surface area contributed by atoms with Gasteiger partial charge >= 0.3 is 0 Å². The van der Waals surface area contributed by atoms with Gasteiger partial charge in [-0.15, -0.1) is 0 Å². The third-order valence-corrected chi connectivity index (χ3v) is 11.7. The zero-order valence-corrected chi connectivity index (χ0v) is 23.6. The highest BCUT2D eigenvalue weighted by atomic mass is 28.4. The van der Waals surface area contributed by atoms with Crippen LogP contribution in [-0.4, -0.2) is 66.1 Å². The molecule has 0 saturated carbocycles. The number of morpholine rings is 1. The van der Waals surface area contributed by atoms with Gasteiger partial charge in [-0.05, 0) is 44.1 Å². The summed E-state index contributed by atoms with van der Waals surface area (Å²) in [4.78, 5) is 11.7. The van der Waals surface area contributed by atoms with Crippen molar-refractivity contribution in [2.75, 3.05) is 37.8 Å². The highest BCUT2D eigenvalue weighted by molar-refractivity contribution is 6.74. The Kier molecular flexibility index (Phi) is 7.39. The molecule has 1 atom stereocenters. The number of nitrogens with zero attached hydrogens (tertiary/aromatic N) is 5. The quantitative estimate of drug-likeness (QED) is 0.462. The Morgan fingerprint density at radius 1 is 1.03 bits per heavy atom. The van der Waals surface area contributed by atoms with Gasteiger partial charge in [-0.3, -0.25) is 0 Å². The molecule has 0 spiro atoms. The fourth-order valence-corrected chi connectivity index (χ4v) is 4.82. The summed E-state index contributed by atoms with van der Waals surface area (Å²) in [5.41, 5.74) is 1.73. The molecule has 8 nitrogen and oxygen atoms in total. The molecule has 0 aliphatic carbocycles. The van der Waals surface area contributed by atoms with Gasteiger partial charge in [-0.2, -0.15) is 5.10 Å². The van der Waals surface area contributed by atoms with Crippen LogP contribution in [0.5, 0.6) is 0 Å². The van der Waals surface area contributed by atoms with Crippen LogP contribution >= 0.6 is 0 Å². The van der Waals surface area contributed by atoms with Crippen molar-refractivity contribution in [3.8, 4) is 17.1 Å². The summed E-state index contributed by atoms with van der Waals surface area (Å²) in [6.07, 6.45) is 1.90. The zero-order chi connectivity index (χ0) is 26.1. The normalized spacial score (nSPS) is 16.7. The van der Waals surface area contributed by atoms with Crippen molar-refractivity contribution >= 4 is 14.1 Å². The number of aliphatic hydroxyl groups is 1. The Bertz CT molecular complexity index is 1200. The maximum absolute atomic E-state index is 11.5. The van der Waals surface area contributed by atoms with Crippen LogP contribution in [0.1, 0.15) is 39.1 Å². The number of benzene rings is 1. The number of hydrogen-bond acceptors (Lipinski definition) is 7. The molecular formula is C27H39N5O3Si. The van der Waals surface area contributed by atoms with Crippen molar-refractivity contribution in [3.05, 3.63) is 54.0 Å². The van der Waals surface area contributed by atoms with Gasteiger partial charge in [0.2, 0.25) is 0 Å². The van der Waals surface area contributed by atoms with Crippen molar-refractivity contribution in [1.29, 1.82) is 0 Å². The Labute approximate surface area is 215 Å². The lowest BCUT2D eigenvalue weighted by Gasteiger charge is -2.38. The van der Waals surface area contributed by atoms with Crippen molar-refractivity contribution in [2.45, 2.75) is 58.4 Å². The molecule has 1 saturated heterocycles. The lowest BCUT2D eigenvalue weighted by atomic mass is 10.1. The van der Waals surface area contributed by atoms with Gasteiger partial charge in [0.25, 0.3) is 0 Å². The monoisotopic (exact) mass is 509 g/mol. The highest BCUT2D eigenvalue weighted by Crippen LogP contribution is 2.37. The van der Waals surface area contributed by atoms with Crippen LogP contribution in [0, 0.1) is 6.92 Å². The first kappa shape index (κ1) is 26.5. The van der Waals surface area contributed by atoms with Gasteiger partial charge in [0.15, 0.2) is 20.0 Å². The summed E-state index contributed by atoms with van der Waals surface area (Å²) < 4.78 is 13.7. The molecule has 2 aromatic heterocycles. The molecule has 0 amide bonds. The van der Waals surface area contributed by atoms with E-state index in [0.717, 1.165) is 30.2 Å². The molecule has 36 heavy (non-hydrogen) atoms. The molecule has 3 heterocycles. The molecular weight excluding hydrogens is 470 g/mol. The van der Waals surface area contributed by atoms with E-state index in [1.54, 1.807) is 11.6 Å². The average molecular weight is 510 g/mol. The number of aryl methyl sites for hydroxylation is 1. The molecule has 1 aromatic carbocycles. The Hall–Kier alpha value is -2.59. The van der Waals surface area contributed by atoms with Crippen LogP contribution < -0.4 is 4.90 Å². The average Bonchev–Trinajstić information content (AvgIpc) is 3.33. The summed E-state index contributed by atoms with van der Waals surface area (Å²) in [7, 11) is -2.07. The van der Waals surface area contributed by atoms with Crippen molar-refractivity contribution < 1.29 is 14.3 Å². The molecule has 1 aliphatic rings. The lowest BCUT2D eigenvalue weighted by Crippen LogP contribution is -2.45. The van der Waals surface area contributed by atoms with E-state index in [1.165, 1.54) is 5.56 Å². The molecule has 3 aromatic rings. The SMILES string of the molecule is Cc1cccc(-c2ccn(-c3cc(N4CCOCC4)nc(C(C)(O)CO[Si](C)(C)C(C)(C)C)n3)n2)c1. The van der Waals surface area contributed by atoms with Crippen LogP contribution in [0.2, 0.25) is 18.1 Å². The smallest absolute Gasteiger partial charge is 0.192 e. The Balaban J connectivity index is 1.70. The highest BCUT2D eigenvalue weighted by Gasteiger charge is 2.40. The standard InChI is InChI=1S/C27H39N5O3Si/c1-20-9-8-10-21(17-20)22-11-12-32(30-22)24-18-23(31-13-15-34-16-14-31)28-25(29-24)27(5,33)19-35-36(6,7)26(2,3)4/h8-12,17-18,33H,13-16,19H2,1-7H3. The minimum Gasteiger partial charge on any atom is -0.413 e. The van der Waals surface area contributed by atoms with E-state index >= 15 is 0 Å². The third-order valence-electron chi connectivity index (χ3n) is 7.17. The Morgan fingerprint density at radius 2 is 1.72 bits per heavy atom. The number of ether oxygens (including phenoxy) is 1. The predicted molar refractivity (Wildman–Crippen MR) is 145 cm³/mol. The van der Waals surface area contributed by atoms with E-state index in [2.05, 4.69) is 57.8 Å². The molecule has 1 unspecified atom stereocenters. The minimum absolute atomic E-state index is 0.0337.